The van der Waals surface area contributed by atoms with Crippen molar-refractivity contribution >= 4 is 11.7 Å². The summed E-state index contributed by atoms with van der Waals surface area (Å²) in [6.45, 7) is 8.42. The van der Waals surface area contributed by atoms with E-state index in [9.17, 15) is 9.59 Å². The van der Waals surface area contributed by atoms with E-state index in [-0.39, 0.29) is 29.7 Å². The van der Waals surface area contributed by atoms with Gasteiger partial charge in [0, 0.05) is 39.3 Å². The highest BCUT2D eigenvalue weighted by Crippen LogP contribution is 2.18. The van der Waals surface area contributed by atoms with Crippen molar-refractivity contribution in [1.29, 1.82) is 0 Å². The number of hydrogen-bond acceptors (Lipinski definition) is 7. The van der Waals surface area contributed by atoms with E-state index in [4.69, 9.17) is 0 Å². The second-order valence-electron chi connectivity index (χ2n) is 8.18. The predicted molar refractivity (Wildman–Crippen MR) is 110 cm³/mol. The first-order chi connectivity index (χ1) is 13.8. The van der Waals surface area contributed by atoms with E-state index < -0.39 is 0 Å². The lowest BCUT2D eigenvalue weighted by Gasteiger charge is -2.37. The van der Waals surface area contributed by atoms with Gasteiger partial charge in [0.25, 0.3) is 0 Å². The first-order valence-electron chi connectivity index (χ1n) is 11.2. The van der Waals surface area contributed by atoms with E-state index in [1.54, 1.807) is 0 Å². The van der Waals surface area contributed by atoms with Gasteiger partial charge < -0.3 is 31.5 Å². The SMILES string of the molecule is O=C(C1CCCNCCN1)C1CCNCCCN1C(=O)C1CCNCCNC1. The molecule has 0 saturated carbocycles. The summed E-state index contributed by atoms with van der Waals surface area (Å²) in [5, 5.41) is 16.9. The van der Waals surface area contributed by atoms with E-state index in [0.29, 0.717) is 19.5 Å². The number of amides is 1. The second-order valence-corrected chi connectivity index (χ2v) is 8.18. The Balaban J connectivity index is 1.71. The Morgan fingerprint density at radius 3 is 2.36 bits per heavy atom. The van der Waals surface area contributed by atoms with Gasteiger partial charge in [-0.1, -0.05) is 0 Å². The van der Waals surface area contributed by atoms with E-state index in [2.05, 4.69) is 26.6 Å². The molecular weight excluding hydrogens is 356 g/mol. The normalized spacial score (nSPS) is 31.4. The average molecular weight is 395 g/mol. The fraction of sp³-hybridized carbons (Fsp3) is 0.900. The Hall–Kier alpha value is -1.06. The lowest BCUT2D eigenvalue weighted by Crippen LogP contribution is -2.57. The lowest BCUT2D eigenvalue weighted by atomic mass is 9.93. The highest BCUT2D eigenvalue weighted by molar-refractivity contribution is 5.93. The molecule has 3 aliphatic rings. The fourth-order valence-corrected chi connectivity index (χ4v) is 4.48. The van der Waals surface area contributed by atoms with Crippen LogP contribution in [0.15, 0.2) is 0 Å². The molecule has 28 heavy (non-hydrogen) atoms. The van der Waals surface area contributed by atoms with Crippen molar-refractivity contribution in [2.24, 2.45) is 5.92 Å². The molecular formula is C20H38N6O2. The molecule has 0 aromatic heterocycles. The third-order valence-corrected chi connectivity index (χ3v) is 6.11. The Kier molecular flexibility index (Phi) is 9.14. The van der Waals surface area contributed by atoms with Crippen LogP contribution in [0.4, 0.5) is 0 Å². The van der Waals surface area contributed by atoms with Crippen LogP contribution in [0, 0.1) is 5.92 Å². The number of nitrogens with zero attached hydrogens (tertiary/aromatic N) is 1. The minimum absolute atomic E-state index is 0.0509. The van der Waals surface area contributed by atoms with E-state index in [1.165, 1.54) is 0 Å². The van der Waals surface area contributed by atoms with Gasteiger partial charge >= 0.3 is 0 Å². The summed E-state index contributed by atoms with van der Waals surface area (Å²) in [6, 6.07) is -0.456. The van der Waals surface area contributed by atoms with Crippen molar-refractivity contribution in [3.63, 3.8) is 0 Å². The zero-order valence-electron chi connectivity index (χ0n) is 17.1. The van der Waals surface area contributed by atoms with Gasteiger partial charge in [-0.2, -0.15) is 0 Å². The third kappa shape index (κ3) is 6.22. The Labute approximate surface area is 168 Å². The van der Waals surface area contributed by atoms with Crippen molar-refractivity contribution in [3.05, 3.63) is 0 Å². The van der Waals surface area contributed by atoms with Gasteiger partial charge in [0.2, 0.25) is 5.91 Å². The van der Waals surface area contributed by atoms with Crippen LogP contribution >= 0.6 is 0 Å². The Bertz CT molecular complexity index is 443. The smallest absolute Gasteiger partial charge is 0.227 e. The van der Waals surface area contributed by atoms with Crippen LogP contribution in [-0.4, -0.2) is 94.1 Å². The standard InChI is InChI=1S/C20H38N6O2/c27-19(17-3-1-6-22-12-13-25-17)18-5-9-21-7-2-14-26(18)20(28)16-4-8-23-10-11-24-15-16/h16-18,21-25H,1-15H2. The molecule has 0 radical (unpaired) electrons. The van der Waals surface area contributed by atoms with Crippen molar-refractivity contribution in [3.8, 4) is 0 Å². The summed E-state index contributed by atoms with van der Waals surface area (Å²) >= 11 is 0. The van der Waals surface area contributed by atoms with Gasteiger partial charge in [-0.05, 0) is 58.3 Å². The van der Waals surface area contributed by atoms with Crippen molar-refractivity contribution in [1.82, 2.24) is 31.5 Å². The maximum absolute atomic E-state index is 13.5. The minimum atomic E-state index is -0.316. The quantitative estimate of drug-likeness (QED) is 0.405. The first-order valence-corrected chi connectivity index (χ1v) is 11.2. The number of carbonyl (C=O) groups excluding carboxylic acids is 2. The topological polar surface area (TPSA) is 97.5 Å². The van der Waals surface area contributed by atoms with E-state index in [0.717, 1.165) is 78.0 Å². The van der Waals surface area contributed by atoms with Crippen molar-refractivity contribution in [2.45, 2.75) is 44.2 Å². The molecule has 0 bridgehead atoms. The zero-order chi connectivity index (χ0) is 19.6. The molecule has 3 fully saturated rings. The average Bonchev–Trinajstić information content (AvgIpc) is 2.60. The maximum Gasteiger partial charge on any atom is 0.227 e. The largest absolute Gasteiger partial charge is 0.332 e. The van der Waals surface area contributed by atoms with Gasteiger partial charge in [0.05, 0.1) is 18.0 Å². The van der Waals surface area contributed by atoms with Crippen molar-refractivity contribution in [2.75, 3.05) is 65.4 Å². The Morgan fingerprint density at radius 1 is 0.714 bits per heavy atom. The molecule has 8 heteroatoms. The van der Waals surface area contributed by atoms with Gasteiger partial charge in [0.15, 0.2) is 5.78 Å². The number of carbonyl (C=O) groups is 2. The number of Topliss-reactive ketones (excluding diaryl/α,β-unsaturated/α-hetero) is 1. The van der Waals surface area contributed by atoms with Gasteiger partial charge in [0.1, 0.15) is 0 Å². The molecule has 0 aromatic rings. The first kappa shape index (κ1) is 21.6. The molecule has 0 aromatic carbocycles. The van der Waals surface area contributed by atoms with Gasteiger partial charge in [-0.3, -0.25) is 9.59 Å². The molecule has 0 spiro atoms. The van der Waals surface area contributed by atoms with Crippen molar-refractivity contribution < 1.29 is 9.59 Å². The molecule has 1 amide bonds. The highest BCUT2D eigenvalue weighted by Gasteiger charge is 2.36. The number of hydrogen-bond donors (Lipinski definition) is 5. The van der Waals surface area contributed by atoms with Crippen LogP contribution in [0.2, 0.25) is 0 Å². The molecule has 160 valence electrons. The summed E-state index contributed by atoms with van der Waals surface area (Å²) in [7, 11) is 0. The fourth-order valence-electron chi connectivity index (χ4n) is 4.48. The Morgan fingerprint density at radius 2 is 1.43 bits per heavy atom. The summed E-state index contributed by atoms with van der Waals surface area (Å²) in [6.07, 6.45) is 4.26. The molecule has 3 rings (SSSR count). The molecule has 5 N–H and O–H groups in total. The predicted octanol–water partition coefficient (Wildman–Crippen LogP) is -1.32. The number of ketones is 1. The summed E-state index contributed by atoms with van der Waals surface area (Å²) in [5.41, 5.74) is 0. The molecule has 0 aliphatic carbocycles. The number of rotatable bonds is 3. The summed E-state index contributed by atoms with van der Waals surface area (Å²) in [5.74, 6) is 0.310. The maximum atomic E-state index is 13.5. The van der Waals surface area contributed by atoms with E-state index >= 15 is 0 Å². The molecule has 3 saturated heterocycles. The molecule has 3 heterocycles. The van der Waals surface area contributed by atoms with E-state index in [1.807, 2.05) is 4.90 Å². The summed E-state index contributed by atoms with van der Waals surface area (Å²) in [4.78, 5) is 28.9. The van der Waals surface area contributed by atoms with Crippen LogP contribution in [-0.2, 0) is 9.59 Å². The van der Waals surface area contributed by atoms with Crippen LogP contribution in [0.5, 0.6) is 0 Å². The summed E-state index contributed by atoms with van der Waals surface area (Å²) < 4.78 is 0. The molecule has 8 nitrogen and oxygen atoms in total. The zero-order valence-corrected chi connectivity index (χ0v) is 17.1. The van der Waals surface area contributed by atoms with Crippen LogP contribution < -0.4 is 26.6 Å². The lowest BCUT2D eigenvalue weighted by molar-refractivity contribution is -0.144. The van der Waals surface area contributed by atoms with Gasteiger partial charge in [-0.25, -0.2) is 0 Å². The third-order valence-electron chi connectivity index (χ3n) is 6.11. The molecule has 3 atom stereocenters. The van der Waals surface area contributed by atoms with Crippen LogP contribution in [0.25, 0.3) is 0 Å². The van der Waals surface area contributed by atoms with Crippen LogP contribution in [0.3, 0.4) is 0 Å². The highest BCUT2D eigenvalue weighted by atomic mass is 16.2. The monoisotopic (exact) mass is 394 g/mol. The number of nitrogens with one attached hydrogen (secondary N) is 5. The molecule has 3 aliphatic heterocycles. The van der Waals surface area contributed by atoms with Gasteiger partial charge in [-0.15, -0.1) is 0 Å². The van der Waals surface area contributed by atoms with Crippen LogP contribution in [0.1, 0.15) is 32.1 Å². The molecule has 3 unspecified atom stereocenters. The minimum Gasteiger partial charge on any atom is -0.332 e. The second kappa shape index (κ2) is 11.8.